The van der Waals surface area contributed by atoms with E-state index >= 15 is 0 Å². The van der Waals surface area contributed by atoms with Crippen molar-refractivity contribution >= 4 is 46.6 Å². The second-order valence-electron chi connectivity index (χ2n) is 9.89. The third kappa shape index (κ3) is 8.10. The molecule has 0 radical (unpaired) electrons. The molecule has 0 atom stereocenters. The molecule has 3 N–H and O–H groups in total. The normalized spacial score (nSPS) is 13.7. The Morgan fingerprint density at radius 1 is 1.10 bits per heavy atom. The zero-order valence-corrected chi connectivity index (χ0v) is 22.8. The molecule has 0 bridgehead atoms. The maximum atomic E-state index is 14.3. The van der Waals surface area contributed by atoms with Crippen molar-refractivity contribution in [3.05, 3.63) is 59.7 Å². The van der Waals surface area contributed by atoms with Crippen molar-refractivity contribution in [2.75, 3.05) is 34.0 Å². The topological polar surface area (TPSA) is 109 Å². The van der Waals surface area contributed by atoms with Crippen LogP contribution >= 0.6 is 11.6 Å². The summed E-state index contributed by atoms with van der Waals surface area (Å²) in [5, 5.41) is 8.13. The Labute approximate surface area is 232 Å². The summed E-state index contributed by atoms with van der Waals surface area (Å²) in [5.41, 5.74) is 1.32. The Kier molecular flexibility index (Phi) is 9.64. The molecule has 9 nitrogen and oxygen atoms in total. The van der Waals surface area contributed by atoms with E-state index in [1.807, 2.05) is 6.07 Å². The van der Waals surface area contributed by atoms with E-state index in [2.05, 4.69) is 39.7 Å². The molecule has 0 spiro atoms. The van der Waals surface area contributed by atoms with Gasteiger partial charge in [-0.15, -0.1) is 0 Å². The van der Waals surface area contributed by atoms with Gasteiger partial charge in [-0.1, -0.05) is 44.7 Å². The molecule has 4 rings (SSSR count). The van der Waals surface area contributed by atoms with Crippen LogP contribution in [0.1, 0.15) is 46.0 Å². The highest BCUT2D eigenvalue weighted by Gasteiger charge is 2.25. The van der Waals surface area contributed by atoms with Crippen LogP contribution in [-0.2, 0) is 4.79 Å². The first kappa shape index (κ1) is 28.2. The zero-order valence-electron chi connectivity index (χ0n) is 22.0. The van der Waals surface area contributed by atoms with Crippen LogP contribution in [-0.4, -0.2) is 36.1 Å². The summed E-state index contributed by atoms with van der Waals surface area (Å²) in [6, 6.07) is 9.14. The Bertz CT molecular complexity index is 1260. The van der Waals surface area contributed by atoms with E-state index in [4.69, 9.17) is 20.8 Å². The van der Waals surface area contributed by atoms with E-state index in [-0.39, 0.29) is 23.3 Å². The average molecular weight is 558 g/mol. The number of amides is 3. The van der Waals surface area contributed by atoms with Gasteiger partial charge in [-0.25, -0.2) is 14.2 Å². The lowest BCUT2D eigenvalue weighted by Crippen LogP contribution is -2.40. The number of oxazole rings is 1. The molecular formula is C28H33ClFN5O4. The van der Waals surface area contributed by atoms with Crippen molar-refractivity contribution in [1.29, 1.82) is 0 Å². The van der Waals surface area contributed by atoms with Gasteiger partial charge in [0, 0.05) is 23.7 Å². The number of halogens is 2. The van der Waals surface area contributed by atoms with Crippen molar-refractivity contribution in [2.45, 2.75) is 52.0 Å². The van der Waals surface area contributed by atoms with Crippen LogP contribution in [0.5, 0.6) is 5.75 Å². The number of urea groups is 1. The monoisotopic (exact) mass is 557 g/mol. The van der Waals surface area contributed by atoms with Gasteiger partial charge in [-0.2, -0.15) is 0 Å². The number of ether oxygens (including phenoxy) is 1. The predicted molar refractivity (Wildman–Crippen MR) is 150 cm³/mol. The molecule has 1 aliphatic carbocycles. The number of rotatable bonds is 10. The van der Waals surface area contributed by atoms with Crippen molar-refractivity contribution < 1.29 is 23.1 Å². The summed E-state index contributed by atoms with van der Waals surface area (Å²) >= 11 is 5.84. The molecule has 1 aromatic heterocycles. The quantitative estimate of drug-likeness (QED) is 0.249. The van der Waals surface area contributed by atoms with Gasteiger partial charge in [0.2, 0.25) is 0 Å². The Morgan fingerprint density at radius 2 is 1.87 bits per heavy atom. The molecule has 3 aromatic rings. The zero-order chi connectivity index (χ0) is 27.8. The molecule has 11 heteroatoms. The van der Waals surface area contributed by atoms with Crippen LogP contribution < -0.4 is 25.6 Å². The average Bonchev–Trinajstić information content (AvgIpc) is 3.41. The van der Waals surface area contributed by atoms with Crippen LogP contribution in [0.15, 0.2) is 53.3 Å². The number of carbonyl (C=O) groups excluding carboxylic acids is 2. The summed E-state index contributed by atoms with van der Waals surface area (Å²) in [4.78, 5) is 31.4. The number of hydrogen-bond donors (Lipinski definition) is 3. The maximum Gasteiger partial charge on any atom is 0.323 e. The van der Waals surface area contributed by atoms with E-state index in [0.29, 0.717) is 23.4 Å². The number of nitrogens with zero attached hydrogens (tertiary/aromatic N) is 2. The predicted octanol–water partition coefficient (Wildman–Crippen LogP) is 6.92. The van der Waals surface area contributed by atoms with E-state index < -0.39 is 17.8 Å². The number of aromatic nitrogens is 1. The highest BCUT2D eigenvalue weighted by molar-refractivity contribution is 6.30. The first-order chi connectivity index (χ1) is 18.8. The smallest absolute Gasteiger partial charge is 0.323 e. The molecule has 2 aromatic carbocycles. The number of anilines is 4. The van der Waals surface area contributed by atoms with Gasteiger partial charge in [0.15, 0.2) is 6.61 Å². The third-order valence-electron chi connectivity index (χ3n) is 6.33. The van der Waals surface area contributed by atoms with Gasteiger partial charge in [0.05, 0.1) is 23.3 Å². The number of benzene rings is 2. The maximum absolute atomic E-state index is 14.3. The van der Waals surface area contributed by atoms with Crippen molar-refractivity contribution in [1.82, 2.24) is 4.98 Å². The fourth-order valence-electron chi connectivity index (χ4n) is 4.64. The second-order valence-corrected chi connectivity index (χ2v) is 10.3. The Morgan fingerprint density at radius 3 is 2.56 bits per heavy atom. The minimum Gasteiger partial charge on any atom is -0.484 e. The first-order valence-electron chi connectivity index (χ1n) is 13.0. The van der Waals surface area contributed by atoms with E-state index in [0.717, 1.165) is 44.0 Å². The summed E-state index contributed by atoms with van der Waals surface area (Å²) in [6.45, 7) is 4.82. The summed E-state index contributed by atoms with van der Waals surface area (Å²) < 4.78 is 25.0. The second kappa shape index (κ2) is 13.3. The SMILES string of the molecule is CC(C)CN(c1ccc(OCC(=O)Nc2ncco2)cc1NC(=O)Nc1ccc(Cl)cc1F)C1CCCCC1. The lowest BCUT2D eigenvalue weighted by Gasteiger charge is -2.38. The fourth-order valence-corrected chi connectivity index (χ4v) is 4.80. The van der Waals surface area contributed by atoms with Crippen molar-refractivity contribution in [3.8, 4) is 5.75 Å². The van der Waals surface area contributed by atoms with E-state index in [1.54, 1.807) is 12.1 Å². The van der Waals surface area contributed by atoms with Gasteiger partial charge in [0.1, 0.15) is 17.8 Å². The van der Waals surface area contributed by atoms with E-state index in [1.165, 1.54) is 31.0 Å². The lowest BCUT2D eigenvalue weighted by molar-refractivity contribution is -0.118. The minimum absolute atomic E-state index is 0.000350. The highest BCUT2D eigenvalue weighted by Crippen LogP contribution is 2.36. The molecule has 3 amide bonds. The van der Waals surface area contributed by atoms with Crippen LogP contribution in [0, 0.1) is 11.7 Å². The number of carbonyl (C=O) groups is 2. The highest BCUT2D eigenvalue weighted by atomic mass is 35.5. The minimum atomic E-state index is -0.643. The molecule has 0 saturated heterocycles. The number of hydrogen-bond acceptors (Lipinski definition) is 6. The first-order valence-corrected chi connectivity index (χ1v) is 13.4. The molecule has 0 unspecified atom stereocenters. The van der Waals surface area contributed by atoms with Gasteiger partial charge in [0.25, 0.3) is 5.91 Å². The van der Waals surface area contributed by atoms with Gasteiger partial charge < -0.3 is 24.7 Å². The van der Waals surface area contributed by atoms with Gasteiger partial charge in [-0.3, -0.25) is 10.1 Å². The molecule has 1 fully saturated rings. The molecule has 39 heavy (non-hydrogen) atoms. The molecule has 1 saturated carbocycles. The summed E-state index contributed by atoms with van der Waals surface area (Å²) in [6.07, 6.45) is 8.42. The van der Waals surface area contributed by atoms with Crippen molar-refractivity contribution in [3.63, 3.8) is 0 Å². The fraction of sp³-hybridized carbons (Fsp3) is 0.393. The standard InChI is InChI=1S/C28H33ClFN5O4/c1-18(2)16-35(20-6-4-3-5-7-20)25-11-9-21(39-17-26(36)34-28-31-12-13-38-28)15-24(25)33-27(37)32-23-10-8-19(29)14-22(23)30/h8-15,18,20H,3-7,16-17H2,1-2H3,(H,31,34,36)(H2,32,33,37). The molecule has 0 aliphatic heterocycles. The molecule has 1 aliphatic rings. The summed E-state index contributed by atoms with van der Waals surface area (Å²) in [5.74, 6) is -0.333. The van der Waals surface area contributed by atoms with Crippen LogP contribution in [0.25, 0.3) is 0 Å². The Balaban J connectivity index is 1.57. The molecule has 1 heterocycles. The van der Waals surface area contributed by atoms with Gasteiger partial charge >= 0.3 is 12.0 Å². The van der Waals surface area contributed by atoms with E-state index in [9.17, 15) is 14.0 Å². The summed E-state index contributed by atoms with van der Waals surface area (Å²) in [7, 11) is 0. The third-order valence-corrected chi connectivity index (χ3v) is 6.57. The van der Waals surface area contributed by atoms with Gasteiger partial charge in [-0.05, 0) is 49.1 Å². The largest absolute Gasteiger partial charge is 0.484 e. The lowest BCUT2D eigenvalue weighted by atomic mass is 9.93. The van der Waals surface area contributed by atoms with Crippen LogP contribution in [0.3, 0.4) is 0 Å². The Hall–Kier alpha value is -3.79. The van der Waals surface area contributed by atoms with Crippen molar-refractivity contribution in [2.24, 2.45) is 5.92 Å². The van der Waals surface area contributed by atoms with Crippen LogP contribution in [0.2, 0.25) is 5.02 Å². The number of nitrogens with one attached hydrogen (secondary N) is 3. The molecular weight excluding hydrogens is 525 g/mol. The van der Waals surface area contributed by atoms with Crippen LogP contribution in [0.4, 0.5) is 32.3 Å². The molecule has 208 valence electrons.